The quantitative estimate of drug-likeness (QED) is 0.813. The summed E-state index contributed by atoms with van der Waals surface area (Å²) >= 11 is 0. The van der Waals surface area contributed by atoms with Gasteiger partial charge in [0.25, 0.3) is 0 Å². The Morgan fingerprint density at radius 3 is 2.59 bits per heavy atom. The lowest BCUT2D eigenvalue weighted by Gasteiger charge is -2.22. The van der Waals surface area contributed by atoms with Crippen LogP contribution in [-0.4, -0.2) is 26.7 Å². The molecule has 0 saturated carbocycles. The minimum Gasteiger partial charge on any atom is -0.374 e. The molecule has 0 heterocycles. The van der Waals surface area contributed by atoms with Crippen LogP contribution in [0.15, 0.2) is 18.2 Å². The zero-order valence-corrected chi connectivity index (χ0v) is 11.9. The number of hydrogen-bond acceptors (Lipinski definition) is 2. The van der Waals surface area contributed by atoms with Crippen LogP contribution in [0.5, 0.6) is 0 Å². The molecule has 1 aromatic carbocycles. The molecule has 0 fully saturated rings. The Morgan fingerprint density at radius 1 is 1.29 bits per heavy atom. The Bertz CT molecular complexity index is 347. The molecule has 0 aliphatic carbocycles. The SMILES string of the molecule is CNC(C)CCCN(C)c1ccc(C)cc1C. The van der Waals surface area contributed by atoms with Crippen molar-refractivity contribution in [2.45, 2.75) is 39.7 Å². The number of benzene rings is 1. The summed E-state index contributed by atoms with van der Waals surface area (Å²) in [4.78, 5) is 2.36. The molecule has 1 aromatic rings. The number of hydrogen-bond donors (Lipinski definition) is 1. The summed E-state index contributed by atoms with van der Waals surface area (Å²) in [6.45, 7) is 7.69. The molecule has 0 bridgehead atoms. The van der Waals surface area contributed by atoms with Crippen molar-refractivity contribution in [1.82, 2.24) is 5.32 Å². The number of nitrogens with one attached hydrogen (secondary N) is 1. The van der Waals surface area contributed by atoms with E-state index in [2.05, 4.69) is 56.2 Å². The van der Waals surface area contributed by atoms with E-state index in [0.717, 1.165) is 6.54 Å². The van der Waals surface area contributed by atoms with Gasteiger partial charge in [0.1, 0.15) is 0 Å². The summed E-state index contributed by atoms with van der Waals surface area (Å²) in [7, 11) is 4.21. The fourth-order valence-corrected chi connectivity index (χ4v) is 2.13. The van der Waals surface area contributed by atoms with Crippen LogP contribution in [0.25, 0.3) is 0 Å². The first-order chi connectivity index (χ1) is 8.04. The van der Waals surface area contributed by atoms with Crippen LogP contribution in [0.2, 0.25) is 0 Å². The summed E-state index contributed by atoms with van der Waals surface area (Å²) in [6.07, 6.45) is 2.46. The van der Waals surface area contributed by atoms with Crippen LogP contribution in [0, 0.1) is 13.8 Å². The summed E-state index contributed by atoms with van der Waals surface area (Å²) in [5, 5.41) is 3.28. The van der Waals surface area contributed by atoms with E-state index in [-0.39, 0.29) is 0 Å². The van der Waals surface area contributed by atoms with Crippen molar-refractivity contribution in [1.29, 1.82) is 0 Å². The second-order valence-electron chi connectivity index (χ2n) is 5.04. The molecule has 1 unspecified atom stereocenters. The number of nitrogens with zero attached hydrogens (tertiary/aromatic N) is 1. The van der Waals surface area contributed by atoms with Gasteiger partial charge in [0.05, 0.1) is 0 Å². The largest absolute Gasteiger partial charge is 0.374 e. The first-order valence-corrected chi connectivity index (χ1v) is 6.50. The Balaban J connectivity index is 2.49. The Kier molecular flexibility index (Phi) is 5.49. The fourth-order valence-electron chi connectivity index (χ4n) is 2.13. The first kappa shape index (κ1) is 14.0. The van der Waals surface area contributed by atoms with E-state index in [0.29, 0.717) is 6.04 Å². The normalized spacial score (nSPS) is 12.5. The highest BCUT2D eigenvalue weighted by Crippen LogP contribution is 2.20. The fraction of sp³-hybridized carbons (Fsp3) is 0.600. The van der Waals surface area contributed by atoms with Gasteiger partial charge < -0.3 is 10.2 Å². The first-order valence-electron chi connectivity index (χ1n) is 6.50. The van der Waals surface area contributed by atoms with Crippen molar-refractivity contribution >= 4 is 5.69 Å². The Morgan fingerprint density at radius 2 is 2.00 bits per heavy atom. The van der Waals surface area contributed by atoms with E-state index in [4.69, 9.17) is 0 Å². The molecule has 1 rings (SSSR count). The molecular weight excluding hydrogens is 208 g/mol. The van der Waals surface area contributed by atoms with Gasteiger partial charge in [-0.15, -0.1) is 0 Å². The van der Waals surface area contributed by atoms with Crippen molar-refractivity contribution in [3.63, 3.8) is 0 Å². The average molecular weight is 234 g/mol. The topological polar surface area (TPSA) is 15.3 Å². The van der Waals surface area contributed by atoms with Crippen LogP contribution in [0.4, 0.5) is 5.69 Å². The highest BCUT2D eigenvalue weighted by Gasteiger charge is 2.05. The second kappa shape index (κ2) is 6.65. The molecule has 96 valence electrons. The van der Waals surface area contributed by atoms with Crippen LogP contribution < -0.4 is 10.2 Å². The Hall–Kier alpha value is -1.02. The highest BCUT2D eigenvalue weighted by atomic mass is 15.1. The molecule has 2 heteroatoms. The molecule has 0 spiro atoms. The third-order valence-electron chi connectivity index (χ3n) is 3.39. The van der Waals surface area contributed by atoms with Gasteiger partial charge in [0.2, 0.25) is 0 Å². The van der Waals surface area contributed by atoms with Crippen LogP contribution in [0.3, 0.4) is 0 Å². The predicted molar refractivity (Wildman–Crippen MR) is 76.9 cm³/mol. The van der Waals surface area contributed by atoms with Crippen molar-refractivity contribution in [2.24, 2.45) is 0 Å². The summed E-state index contributed by atoms with van der Waals surface area (Å²) in [5.74, 6) is 0. The summed E-state index contributed by atoms with van der Waals surface area (Å²) in [5.41, 5.74) is 4.06. The van der Waals surface area contributed by atoms with Crippen LogP contribution >= 0.6 is 0 Å². The van der Waals surface area contributed by atoms with Crippen molar-refractivity contribution < 1.29 is 0 Å². The lowest BCUT2D eigenvalue weighted by Crippen LogP contribution is -2.24. The predicted octanol–water partition coefficient (Wildman–Crippen LogP) is 3.13. The minimum absolute atomic E-state index is 0.613. The lowest BCUT2D eigenvalue weighted by atomic mass is 10.1. The van der Waals surface area contributed by atoms with E-state index in [1.54, 1.807) is 0 Å². The molecule has 0 radical (unpaired) electrons. The molecular formula is C15H26N2. The van der Waals surface area contributed by atoms with Crippen LogP contribution in [0.1, 0.15) is 30.9 Å². The molecule has 0 aliphatic rings. The van der Waals surface area contributed by atoms with Gasteiger partial charge in [-0.1, -0.05) is 17.7 Å². The van der Waals surface area contributed by atoms with Crippen LogP contribution in [-0.2, 0) is 0 Å². The molecule has 0 aromatic heterocycles. The van der Waals surface area contributed by atoms with E-state index in [1.807, 2.05) is 7.05 Å². The van der Waals surface area contributed by atoms with Gasteiger partial charge in [-0.25, -0.2) is 0 Å². The zero-order valence-electron chi connectivity index (χ0n) is 11.9. The third-order valence-corrected chi connectivity index (χ3v) is 3.39. The maximum atomic E-state index is 3.28. The van der Waals surface area contributed by atoms with E-state index in [9.17, 15) is 0 Å². The number of aryl methyl sites for hydroxylation is 2. The van der Waals surface area contributed by atoms with Gasteiger partial charge in [-0.3, -0.25) is 0 Å². The van der Waals surface area contributed by atoms with E-state index >= 15 is 0 Å². The maximum Gasteiger partial charge on any atom is 0.0393 e. The van der Waals surface area contributed by atoms with Crippen molar-refractivity contribution in [2.75, 3.05) is 25.5 Å². The molecule has 2 nitrogen and oxygen atoms in total. The molecule has 1 atom stereocenters. The van der Waals surface area contributed by atoms with Crippen molar-refractivity contribution in [3.8, 4) is 0 Å². The summed E-state index contributed by atoms with van der Waals surface area (Å²) in [6, 6.07) is 7.28. The zero-order chi connectivity index (χ0) is 12.8. The highest BCUT2D eigenvalue weighted by molar-refractivity contribution is 5.53. The molecule has 17 heavy (non-hydrogen) atoms. The average Bonchev–Trinajstić information content (AvgIpc) is 2.28. The molecule has 0 amide bonds. The molecule has 1 N–H and O–H groups in total. The minimum atomic E-state index is 0.613. The third kappa shape index (κ3) is 4.39. The van der Waals surface area contributed by atoms with Gasteiger partial charge in [-0.2, -0.15) is 0 Å². The molecule has 0 saturated heterocycles. The standard InChI is InChI=1S/C15H26N2/c1-12-8-9-15(13(2)11-12)17(5)10-6-7-14(3)16-4/h8-9,11,14,16H,6-7,10H2,1-5H3. The summed E-state index contributed by atoms with van der Waals surface area (Å²) < 4.78 is 0. The number of rotatable bonds is 6. The van der Waals surface area contributed by atoms with Gasteiger partial charge in [0, 0.05) is 25.3 Å². The van der Waals surface area contributed by atoms with Gasteiger partial charge >= 0.3 is 0 Å². The maximum absolute atomic E-state index is 3.28. The lowest BCUT2D eigenvalue weighted by molar-refractivity contribution is 0.542. The smallest absolute Gasteiger partial charge is 0.0393 e. The van der Waals surface area contributed by atoms with E-state index < -0.39 is 0 Å². The van der Waals surface area contributed by atoms with E-state index in [1.165, 1.54) is 29.7 Å². The van der Waals surface area contributed by atoms with Gasteiger partial charge in [-0.05, 0) is 52.3 Å². The van der Waals surface area contributed by atoms with Crippen molar-refractivity contribution in [3.05, 3.63) is 29.3 Å². The second-order valence-corrected chi connectivity index (χ2v) is 5.04. The number of anilines is 1. The van der Waals surface area contributed by atoms with Gasteiger partial charge in [0.15, 0.2) is 0 Å². The Labute approximate surface area is 106 Å². The molecule has 0 aliphatic heterocycles. The monoisotopic (exact) mass is 234 g/mol.